The molecule has 20 heavy (non-hydrogen) atoms. The predicted octanol–water partition coefficient (Wildman–Crippen LogP) is 1.26. The first-order chi connectivity index (χ1) is 9.60. The molecule has 2 aromatic rings. The Kier molecular flexibility index (Phi) is 4.46. The number of nitrogens with zero attached hydrogens (tertiary/aromatic N) is 3. The lowest BCUT2D eigenvalue weighted by atomic mass is 10.4. The number of rotatable bonds is 5. The summed E-state index contributed by atoms with van der Waals surface area (Å²) in [6.45, 7) is 1.52. The summed E-state index contributed by atoms with van der Waals surface area (Å²) in [6.07, 6.45) is 3.46. The zero-order chi connectivity index (χ0) is 14.5. The van der Waals surface area contributed by atoms with E-state index in [1.54, 1.807) is 36.4 Å². The lowest BCUT2D eigenvalue weighted by molar-refractivity contribution is -0.146. The molecule has 106 valence electrons. The number of thiazole rings is 1. The Morgan fingerprint density at radius 3 is 2.85 bits per heavy atom. The average molecular weight is 295 g/mol. The van der Waals surface area contributed by atoms with E-state index >= 15 is 0 Å². The molecule has 0 aromatic carbocycles. The van der Waals surface area contributed by atoms with Crippen LogP contribution in [-0.4, -0.2) is 39.9 Å². The zero-order valence-electron chi connectivity index (χ0n) is 11.0. The molecule has 7 nitrogen and oxygen atoms in total. The third-order valence-corrected chi connectivity index (χ3v) is 3.18. The van der Waals surface area contributed by atoms with Gasteiger partial charge < -0.3 is 9.47 Å². The number of ether oxygens (including phenoxy) is 2. The highest BCUT2D eigenvalue weighted by Crippen LogP contribution is 2.23. The Morgan fingerprint density at radius 1 is 1.40 bits per heavy atom. The van der Waals surface area contributed by atoms with E-state index in [0.29, 0.717) is 5.01 Å². The van der Waals surface area contributed by atoms with Crippen LogP contribution in [0.5, 0.6) is 0 Å². The molecule has 0 unspecified atom stereocenters. The van der Waals surface area contributed by atoms with Crippen molar-refractivity contribution >= 4 is 23.3 Å². The summed E-state index contributed by atoms with van der Waals surface area (Å²) in [6, 6.07) is 0. The molecule has 0 aliphatic carbocycles. The Balaban J connectivity index is 1.98. The molecule has 2 rings (SSSR count). The molecule has 2 aromatic heterocycles. The van der Waals surface area contributed by atoms with Crippen molar-refractivity contribution in [3.63, 3.8) is 0 Å². The number of carbonyl (C=O) groups excluding carboxylic acids is 2. The van der Waals surface area contributed by atoms with Crippen molar-refractivity contribution < 1.29 is 19.1 Å². The fraction of sp³-hybridized carbons (Fsp3) is 0.333. The van der Waals surface area contributed by atoms with E-state index in [4.69, 9.17) is 4.74 Å². The quantitative estimate of drug-likeness (QED) is 0.772. The summed E-state index contributed by atoms with van der Waals surface area (Å²) in [5.41, 5.74) is 0.986. The highest BCUT2D eigenvalue weighted by atomic mass is 32.1. The molecule has 0 atom stereocenters. The third-order valence-electron chi connectivity index (χ3n) is 2.29. The van der Waals surface area contributed by atoms with E-state index in [-0.39, 0.29) is 12.3 Å². The van der Waals surface area contributed by atoms with E-state index in [2.05, 4.69) is 14.8 Å². The van der Waals surface area contributed by atoms with Crippen LogP contribution in [-0.2, 0) is 21.3 Å². The van der Waals surface area contributed by atoms with Crippen LogP contribution in [0.25, 0.3) is 10.6 Å². The molecule has 0 saturated heterocycles. The van der Waals surface area contributed by atoms with Crippen molar-refractivity contribution in [1.29, 1.82) is 0 Å². The molecule has 0 spiro atoms. The highest BCUT2D eigenvalue weighted by molar-refractivity contribution is 7.13. The summed E-state index contributed by atoms with van der Waals surface area (Å²) in [4.78, 5) is 26.9. The minimum absolute atomic E-state index is 0.165. The maximum Gasteiger partial charge on any atom is 0.358 e. The maximum atomic E-state index is 11.7. The molecule has 0 N–H and O–H groups in total. The van der Waals surface area contributed by atoms with Crippen LogP contribution >= 0.6 is 11.3 Å². The van der Waals surface area contributed by atoms with E-state index in [1.807, 2.05) is 0 Å². The van der Waals surface area contributed by atoms with Crippen molar-refractivity contribution in [2.45, 2.75) is 6.92 Å². The van der Waals surface area contributed by atoms with Gasteiger partial charge in [-0.05, 0) is 6.92 Å². The van der Waals surface area contributed by atoms with Gasteiger partial charge in [-0.15, -0.1) is 11.3 Å². The molecule has 0 bridgehead atoms. The van der Waals surface area contributed by atoms with Gasteiger partial charge in [-0.3, -0.25) is 4.68 Å². The molecular weight excluding hydrogens is 282 g/mol. The number of hydrogen-bond acceptors (Lipinski definition) is 7. The summed E-state index contributed by atoms with van der Waals surface area (Å²) in [5, 5.41) is 6.28. The minimum Gasteiger partial charge on any atom is -0.463 e. The van der Waals surface area contributed by atoms with Gasteiger partial charge in [0.15, 0.2) is 12.3 Å². The minimum atomic E-state index is -0.649. The van der Waals surface area contributed by atoms with Crippen LogP contribution in [0.1, 0.15) is 17.4 Å². The van der Waals surface area contributed by atoms with E-state index in [9.17, 15) is 9.59 Å². The van der Waals surface area contributed by atoms with E-state index in [0.717, 1.165) is 5.56 Å². The first-order valence-corrected chi connectivity index (χ1v) is 6.75. The van der Waals surface area contributed by atoms with Crippen LogP contribution in [0.4, 0.5) is 0 Å². The number of aromatic nitrogens is 3. The monoisotopic (exact) mass is 295 g/mol. The van der Waals surface area contributed by atoms with Crippen LogP contribution in [0, 0.1) is 0 Å². The van der Waals surface area contributed by atoms with Crippen LogP contribution in [0.2, 0.25) is 0 Å². The van der Waals surface area contributed by atoms with E-state index < -0.39 is 18.5 Å². The van der Waals surface area contributed by atoms with Gasteiger partial charge in [0.2, 0.25) is 0 Å². The van der Waals surface area contributed by atoms with Gasteiger partial charge in [0.05, 0.1) is 12.8 Å². The third kappa shape index (κ3) is 3.41. The normalized spacial score (nSPS) is 10.3. The predicted molar refractivity (Wildman–Crippen MR) is 71.2 cm³/mol. The highest BCUT2D eigenvalue weighted by Gasteiger charge is 2.15. The Bertz CT molecular complexity index is 620. The number of aryl methyl sites for hydroxylation is 1. The van der Waals surface area contributed by atoms with Crippen LogP contribution < -0.4 is 0 Å². The summed E-state index contributed by atoms with van der Waals surface area (Å²) >= 11 is 1.31. The number of carbonyl (C=O) groups is 2. The van der Waals surface area contributed by atoms with Crippen molar-refractivity contribution in [2.24, 2.45) is 7.05 Å². The van der Waals surface area contributed by atoms with Crippen LogP contribution in [0.15, 0.2) is 17.8 Å². The first-order valence-electron chi connectivity index (χ1n) is 5.87. The van der Waals surface area contributed by atoms with Crippen molar-refractivity contribution in [1.82, 2.24) is 14.8 Å². The lowest BCUT2D eigenvalue weighted by Crippen LogP contribution is -2.16. The van der Waals surface area contributed by atoms with Gasteiger partial charge in [0.1, 0.15) is 5.01 Å². The molecule has 0 saturated carbocycles. The standard InChI is InChI=1S/C12H13N3O4S/c1-3-18-10(16)6-19-12(17)9-7-20-11(14-9)8-4-13-15(2)5-8/h4-5,7H,3,6H2,1-2H3. The largest absolute Gasteiger partial charge is 0.463 e. The summed E-state index contributed by atoms with van der Waals surface area (Å²) in [7, 11) is 1.80. The van der Waals surface area contributed by atoms with Crippen molar-refractivity contribution in [2.75, 3.05) is 13.2 Å². The second kappa shape index (κ2) is 6.29. The second-order valence-corrected chi connectivity index (χ2v) is 4.68. The Morgan fingerprint density at radius 2 is 2.20 bits per heavy atom. The fourth-order valence-electron chi connectivity index (χ4n) is 1.43. The van der Waals surface area contributed by atoms with Gasteiger partial charge in [-0.1, -0.05) is 0 Å². The smallest absolute Gasteiger partial charge is 0.358 e. The van der Waals surface area contributed by atoms with Crippen molar-refractivity contribution in [3.8, 4) is 10.6 Å². The molecule has 0 radical (unpaired) electrons. The molecule has 0 amide bonds. The molecule has 0 aliphatic heterocycles. The first kappa shape index (κ1) is 14.2. The second-order valence-electron chi connectivity index (χ2n) is 3.82. The summed E-state index contributed by atoms with van der Waals surface area (Å²) in [5.74, 6) is -1.23. The Hall–Kier alpha value is -2.22. The fourth-order valence-corrected chi connectivity index (χ4v) is 2.20. The summed E-state index contributed by atoms with van der Waals surface area (Å²) < 4.78 is 11.1. The van der Waals surface area contributed by atoms with Crippen LogP contribution in [0.3, 0.4) is 0 Å². The van der Waals surface area contributed by atoms with Gasteiger partial charge >= 0.3 is 11.9 Å². The molecule has 2 heterocycles. The topological polar surface area (TPSA) is 83.3 Å². The van der Waals surface area contributed by atoms with Gasteiger partial charge in [0, 0.05) is 24.2 Å². The molecular formula is C12H13N3O4S. The molecule has 8 heteroatoms. The van der Waals surface area contributed by atoms with Gasteiger partial charge in [-0.2, -0.15) is 5.10 Å². The maximum absolute atomic E-state index is 11.7. The van der Waals surface area contributed by atoms with Gasteiger partial charge in [0.25, 0.3) is 0 Å². The average Bonchev–Trinajstić information content (AvgIpc) is 3.04. The number of esters is 2. The number of hydrogen-bond donors (Lipinski definition) is 0. The SMILES string of the molecule is CCOC(=O)COC(=O)c1csc(-c2cnn(C)c2)n1. The van der Waals surface area contributed by atoms with Crippen molar-refractivity contribution in [3.05, 3.63) is 23.5 Å². The van der Waals surface area contributed by atoms with Gasteiger partial charge in [-0.25, -0.2) is 14.6 Å². The molecule has 0 fully saturated rings. The molecule has 0 aliphatic rings. The lowest BCUT2D eigenvalue weighted by Gasteiger charge is -2.02. The zero-order valence-corrected chi connectivity index (χ0v) is 11.8. The Labute approximate surface area is 119 Å². The van der Waals surface area contributed by atoms with E-state index in [1.165, 1.54) is 11.3 Å².